The van der Waals surface area contributed by atoms with Gasteiger partial charge in [0.2, 0.25) is 15.9 Å². The first kappa shape index (κ1) is 19.8. The minimum Gasteiger partial charge on any atom is -0.495 e. The molecule has 0 fully saturated rings. The SMILES string of the molecule is COc1ccc(C)cc1NC(=O)CCN(c1cccc(C)c1)S(C)(=O)=O. The van der Waals surface area contributed by atoms with Crippen LogP contribution in [0.5, 0.6) is 5.75 Å². The van der Waals surface area contributed by atoms with Gasteiger partial charge < -0.3 is 10.1 Å². The molecule has 0 aliphatic rings. The Balaban J connectivity index is 2.12. The smallest absolute Gasteiger partial charge is 0.232 e. The van der Waals surface area contributed by atoms with Gasteiger partial charge in [0.1, 0.15) is 5.75 Å². The molecule has 0 radical (unpaired) electrons. The molecule has 26 heavy (non-hydrogen) atoms. The number of benzene rings is 2. The number of amides is 1. The zero-order chi connectivity index (χ0) is 19.3. The molecular formula is C19H24N2O4S. The summed E-state index contributed by atoms with van der Waals surface area (Å²) in [6.45, 7) is 3.86. The van der Waals surface area contributed by atoms with E-state index in [0.717, 1.165) is 17.4 Å². The van der Waals surface area contributed by atoms with Crippen LogP contribution in [0.4, 0.5) is 11.4 Å². The summed E-state index contributed by atoms with van der Waals surface area (Å²) >= 11 is 0. The lowest BCUT2D eigenvalue weighted by atomic mass is 10.2. The Morgan fingerprint density at radius 1 is 1.12 bits per heavy atom. The molecular weight excluding hydrogens is 352 g/mol. The summed E-state index contributed by atoms with van der Waals surface area (Å²) in [6, 6.07) is 12.7. The topological polar surface area (TPSA) is 75.7 Å². The number of anilines is 2. The van der Waals surface area contributed by atoms with Crippen LogP contribution in [0.15, 0.2) is 42.5 Å². The number of methoxy groups -OCH3 is 1. The highest BCUT2D eigenvalue weighted by Crippen LogP contribution is 2.25. The molecule has 0 aromatic heterocycles. The van der Waals surface area contributed by atoms with Crippen LogP contribution in [0, 0.1) is 13.8 Å². The van der Waals surface area contributed by atoms with Crippen molar-refractivity contribution in [2.75, 3.05) is 29.5 Å². The van der Waals surface area contributed by atoms with Crippen LogP contribution >= 0.6 is 0 Å². The standard InChI is InChI=1S/C19H24N2O4S/c1-14-6-5-7-16(12-14)21(26(4,23)24)11-10-19(22)20-17-13-15(2)8-9-18(17)25-3/h5-9,12-13H,10-11H2,1-4H3,(H,20,22). The highest BCUT2D eigenvalue weighted by Gasteiger charge is 2.19. The molecule has 1 N–H and O–H groups in total. The van der Waals surface area contributed by atoms with E-state index in [1.807, 2.05) is 32.0 Å². The van der Waals surface area contributed by atoms with Crippen molar-refractivity contribution in [2.24, 2.45) is 0 Å². The molecule has 2 aromatic rings. The molecule has 0 saturated heterocycles. The number of nitrogens with one attached hydrogen (secondary N) is 1. The molecule has 2 aromatic carbocycles. The Hall–Kier alpha value is -2.54. The summed E-state index contributed by atoms with van der Waals surface area (Å²) in [5.74, 6) is 0.276. The van der Waals surface area contributed by atoms with Gasteiger partial charge in [-0.15, -0.1) is 0 Å². The van der Waals surface area contributed by atoms with Crippen LogP contribution in [-0.2, 0) is 14.8 Å². The van der Waals surface area contributed by atoms with Crippen LogP contribution in [0.1, 0.15) is 17.5 Å². The van der Waals surface area contributed by atoms with Gasteiger partial charge in [-0.25, -0.2) is 8.42 Å². The number of aryl methyl sites for hydroxylation is 2. The molecule has 0 spiro atoms. The molecule has 0 atom stereocenters. The second kappa shape index (κ2) is 8.23. The second-order valence-electron chi connectivity index (χ2n) is 6.18. The molecule has 2 rings (SSSR count). The third-order valence-corrected chi connectivity index (χ3v) is 5.06. The maximum Gasteiger partial charge on any atom is 0.232 e. The molecule has 1 amide bonds. The van der Waals surface area contributed by atoms with E-state index in [2.05, 4.69) is 5.32 Å². The predicted octanol–water partition coefficient (Wildman–Crippen LogP) is 3.11. The van der Waals surface area contributed by atoms with Crippen molar-refractivity contribution in [1.82, 2.24) is 0 Å². The van der Waals surface area contributed by atoms with E-state index in [4.69, 9.17) is 4.74 Å². The summed E-state index contributed by atoms with van der Waals surface area (Å²) in [6.07, 6.45) is 1.16. The average Bonchev–Trinajstić information content (AvgIpc) is 2.54. The van der Waals surface area contributed by atoms with E-state index >= 15 is 0 Å². The normalized spacial score (nSPS) is 11.1. The number of carbonyl (C=O) groups is 1. The maximum atomic E-state index is 12.3. The highest BCUT2D eigenvalue weighted by molar-refractivity contribution is 7.92. The van der Waals surface area contributed by atoms with Crippen molar-refractivity contribution in [2.45, 2.75) is 20.3 Å². The van der Waals surface area contributed by atoms with Crippen LogP contribution in [0.2, 0.25) is 0 Å². The molecule has 0 heterocycles. The first-order valence-electron chi connectivity index (χ1n) is 8.19. The lowest BCUT2D eigenvalue weighted by Crippen LogP contribution is -2.33. The zero-order valence-corrected chi connectivity index (χ0v) is 16.3. The minimum atomic E-state index is -3.49. The van der Waals surface area contributed by atoms with E-state index < -0.39 is 10.0 Å². The van der Waals surface area contributed by atoms with E-state index in [0.29, 0.717) is 17.1 Å². The Morgan fingerprint density at radius 3 is 2.42 bits per heavy atom. The molecule has 0 unspecified atom stereocenters. The highest BCUT2D eigenvalue weighted by atomic mass is 32.2. The van der Waals surface area contributed by atoms with Gasteiger partial charge in [-0.1, -0.05) is 18.2 Å². The number of nitrogens with zero attached hydrogens (tertiary/aromatic N) is 1. The lowest BCUT2D eigenvalue weighted by molar-refractivity contribution is -0.116. The van der Waals surface area contributed by atoms with Gasteiger partial charge in [-0.2, -0.15) is 0 Å². The van der Waals surface area contributed by atoms with E-state index in [-0.39, 0.29) is 18.9 Å². The van der Waals surface area contributed by atoms with E-state index in [9.17, 15) is 13.2 Å². The summed E-state index contributed by atoms with van der Waals surface area (Å²) in [5, 5.41) is 2.79. The van der Waals surface area contributed by atoms with Crippen molar-refractivity contribution in [3.63, 3.8) is 0 Å². The molecule has 0 saturated carbocycles. The number of hydrogen-bond acceptors (Lipinski definition) is 4. The van der Waals surface area contributed by atoms with Crippen molar-refractivity contribution in [3.8, 4) is 5.75 Å². The second-order valence-corrected chi connectivity index (χ2v) is 8.08. The number of rotatable bonds is 7. The molecule has 0 bridgehead atoms. The predicted molar refractivity (Wildman–Crippen MR) is 104 cm³/mol. The van der Waals surface area contributed by atoms with Crippen LogP contribution in [0.3, 0.4) is 0 Å². The van der Waals surface area contributed by atoms with Gasteiger partial charge >= 0.3 is 0 Å². The Labute approximate surface area is 154 Å². The van der Waals surface area contributed by atoms with Crippen molar-refractivity contribution >= 4 is 27.3 Å². The number of sulfonamides is 1. The Kier molecular flexibility index (Phi) is 6.26. The van der Waals surface area contributed by atoms with Gasteiger partial charge in [-0.3, -0.25) is 9.10 Å². The van der Waals surface area contributed by atoms with Crippen molar-refractivity contribution in [1.29, 1.82) is 0 Å². The number of ether oxygens (including phenoxy) is 1. The van der Waals surface area contributed by atoms with Gasteiger partial charge in [0, 0.05) is 13.0 Å². The van der Waals surface area contributed by atoms with Crippen LogP contribution in [-0.4, -0.2) is 34.2 Å². The van der Waals surface area contributed by atoms with Crippen molar-refractivity contribution in [3.05, 3.63) is 53.6 Å². The van der Waals surface area contributed by atoms with Crippen LogP contribution in [0.25, 0.3) is 0 Å². The van der Waals surface area contributed by atoms with Crippen molar-refractivity contribution < 1.29 is 17.9 Å². The third-order valence-electron chi connectivity index (χ3n) is 3.86. The Morgan fingerprint density at radius 2 is 1.81 bits per heavy atom. The fourth-order valence-electron chi connectivity index (χ4n) is 2.60. The molecule has 6 nitrogen and oxygen atoms in total. The van der Waals surface area contributed by atoms with Gasteiger partial charge in [0.15, 0.2) is 0 Å². The molecule has 140 valence electrons. The van der Waals surface area contributed by atoms with Crippen LogP contribution < -0.4 is 14.4 Å². The largest absolute Gasteiger partial charge is 0.495 e. The summed E-state index contributed by atoms with van der Waals surface area (Å²) in [5.41, 5.74) is 3.05. The third kappa shape index (κ3) is 5.23. The molecule has 0 aliphatic carbocycles. The first-order chi connectivity index (χ1) is 12.2. The summed E-state index contributed by atoms with van der Waals surface area (Å²) in [7, 11) is -1.96. The number of hydrogen-bond donors (Lipinski definition) is 1. The van der Waals surface area contributed by atoms with Gasteiger partial charge in [0.05, 0.1) is 24.7 Å². The van der Waals surface area contributed by atoms with E-state index in [1.54, 1.807) is 24.3 Å². The summed E-state index contributed by atoms with van der Waals surface area (Å²) in [4.78, 5) is 12.3. The fourth-order valence-corrected chi connectivity index (χ4v) is 3.52. The average molecular weight is 376 g/mol. The molecule has 7 heteroatoms. The summed E-state index contributed by atoms with van der Waals surface area (Å²) < 4.78 is 30.8. The first-order valence-corrected chi connectivity index (χ1v) is 10.0. The zero-order valence-electron chi connectivity index (χ0n) is 15.4. The molecule has 0 aliphatic heterocycles. The van der Waals surface area contributed by atoms with E-state index in [1.165, 1.54) is 11.4 Å². The maximum absolute atomic E-state index is 12.3. The number of carbonyl (C=O) groups excluding carboxylic acids is 1. The minimum absolute atomic E-state index is 0.0259. The lowest BCUT2D eigenvalue weighted by Gasteiger charge is -2.22. The fraction of sp³-hybridized carbons (Fsp3) is 0.316. The Bertz CT molecular complexity index is 894. The van der Waals surface area contributed by atoms with Gasteiger partial charge in [0.25, 0.3) is 0 Å². The monoisotopic (exact) mass is 376 g/mol. The van der Waals surface area contributed by atoms with Gasteiger partial charge in [-0.05, 0) is 49.2 Å². The quantitative estimate of drug-likeness (QED) is 0.806.